The Morgan fingerprint density at radius 3 is 3.00 bits per heavy atom. The minimum absolute atomic E-state index is 0.00250. The fraction of sp³-hybridized carbons (Fsp3) is 0.533. The molecule has 19 heavy (non-hydrogen) atoms. The van der Waals surface area contributed by atoms with Gasteiger partial charge in [0.15, 0.2) is 0 Å². The average molecular weight is 263 g/mol. The molecule has 104 valence electrons. The van der Waals surface area contributed by atoms with Gasteiger partial charge in [-0.2, -0.15) is 0 Å². The Morgan fingerprint density at radius 1 is 1.47 bits per heavy atom. The van der Waals surface area contributed by atoms with E-state index in [1.54, 1.807) is 0 Å². The Morgan fingerprint density at radius 2 is 2.26 bits per heavy atom. The smallest absolute Gasteiger partial charge is 0.317 e. The van der Waals surface area contributed by atoms with Crippen molar-refractivity contribution in [2.24, 2.45) is 0 Å². The van der Waals surface area contributed by atoms with Crippen LogP contribution in [0.2, 0.25) is 0 Å². The number of hydrogen-bond donors (Lipinski definition) is 2. The van der Waals surface area contributed by atoms with Crippen LogP contribution in [0, 0.1) is 0 Å². The first-order valence-electron chi connectivity index (χ1n) is 6.68. The molecule has 1 aliphatic heterocycles. The normalized spacial score (nSPS) is 14.6. The molecule has 1 aromatic rings. The van der Waals surface area contributed by atoms with Crippen molar-refractivity contribution in [3.8, 4) is 5.75 Å². The summed E-state index contributed by atoms with van der Waals surface area (Å²) in [6, 6.07) is 6.30. The highest BCUT2D eigenvalue weighted by molar-refractivity contribution is 5.69. The topological polar surface area (TPSA) is 58.6 Å². The van der Waals surface area contributed by atoms with E-state index in [4.69, 9.17) is 9.84 Å². The van der Waals surface area contributed by atoms with E-state index in [9.17, 15) is 4.79 Å². The molecule has 0 amide bonds. The summed E-state index contributed by atoms with van der Waals surface area (Å²) in [4.78, 5) is 10.5. The van der Waals surface area contributed by atoms with Crippen LogP contribution in [-0.4, -0.2) is 30.8 Å². The van der Waals surface area contributed by atoms with Crippen molar-refractivity contribution in [3.63, 3.8) is 0 Å². The van der Waals surface area contributed by atoms with E-state index in [-0.39, 0.29) is 12.0 Å². The molecule has 1 aromatic carbocycles. The molecular formula is C15H21NO3. The lowest BCUT2D eigenvalue weighted by molar-refractivity contribution is -0.136. The molecule has 0 saturated heterocycles. The molecule has 0 unspecified atom stereocenters. The molecular weight excluding hydrogens is 242 g/mol. The van der Waals surface area contributed by atoms with E-state index in [0.717, 1.165) is 25.2 Å². The zero-order chi connectivity index (χ0) is 13.9. The van der Waals surface area contributed by atoms with Crippen molar-refractivity contribution >= 4 is 5.97 Å². The summed E-state index contributed by atoms with van der Waals surface area (Å²) in [5.74, 6) is 0.166. The number of benzene rings is 1. The van der Waals surface area contributed by atoms with Gasteiger partial charge in [0.05, 0.1) is 13.2 Å². The minimum atomic E-state index is -0.824. The fourth-order valence-corrected chi connectivity index (χ4v) is 2.37. The quantitative estimate of drug-likeness (QED) is 0.852. The Labute approximate surface area is 113 Å². The second-order valence-corrected chi connectivity index (χ2v) is 5.66. The second kappa shape index (κ2) is 5.61. The monoisotopic (exact) mass is 263 g/mol. The first kappa shape index (κ1) is 13.9. The van der Waals surface area contributed by atoms with Gasteiger partial charge in [-0.05, 0) is 30.0 Å². The Hall–Kier alpha value is -1.55. The molecule has 0 saturated carbocycles. The number of ether oxygens (including phenoxy) is 1. The molecule has 0 aliphatic carbocycles. The summed E-state index contributed by atoms with van der Waals surface area (Å²) in [7, 11) is 0. The van der Waals surface area contributed by atoms with Gasteiger partial charge in [-0.15, -0.1) is 0 Å². The van der Waals surface area contributed by atoms with Crippen LogP contribution in [0.1, 0.15) is 31.4 Å². The molecule has 4 heteroatoms. The SMILES string of the molecule is CC(C)(CNCC(=O)O)c1ccc2c(c1)CCCO2. The summed E-state index contributed by atoms with van der Waals surface area (Å²) in [6.45, 7) is 5.67. The van der Waals surface area contributed by atoms with Crippen LogP contribution >= 0.6 is 0 Å². The third-order valence-corrected chi connectivity index (χ3v) is 3.53. The lowest BCUT2D eigenvalue weighted by Crippen LogP contribution is -2.35. The zero-order valence-corrected chi connectivity index (χ0v) is 11.5. The molecule has 0 radical (unpaired) electrons. The van der Waals surface area contributed by atoms with Gasteiger partial charge in [0.1, 0.15) is 5.75 Å². The number of nitrogens with one attached hydrogen (secondary N) is 1. The minimum Gasteiger partial charge on any atom is -0.493 e. The van der Waals surface area contributed by atoms with Crippen LogP contribution < -0.4 is 10.1 Å². The number of carboxylic acid groups (broad SMARTS) is 1. The van der Waals surface area contributed by atoms with Gasteiger partial charge in [-0.25, -0.2) is 0 Å². The Kier molecular flexibility index (Phi) is 4.10. The summed E-state index contributed by atoms with van der Waals surface area (Å²) in [5, 5.41) is 11.6. The van der Waals surface area contributed by atoms with E-state index in [2.05, 4.69) is 31.3 Å². The number of carboxylic acids is 1. The van der Waals surface area contributed by atoms with Crippen molar-refractivity contribution in [1.82, 2.24) is 5.32 Å². The number of fused-ring (bicyclic) bond motifs is 1. The van der Waals surface area contributed by atoms with E-state index in [1.807, 2.05) is 6.07 Å². The molecule has 2 rings (SSSR count). The highest BCUT2D eigenvalue weighted by Gasteiger charge is 2.22. The van der Waals surface area contributed by atoms with E-state index in [1.165, 1.54) is 11.1 Å². The van der Waals surface area contributed by atoms with Crippen LogP contribution in [-0.2, 0) is 16.6 Å². The van der Waals surface area contributed by atoms with E-state index >= 15 is 0 Å². The van der Waals surface area contributed by atoms with E-state index in [0.29, 0.717) is 6.54 Å². The molecule has 0 fully saturated rings. The summed E-state index contributed by atoms with van der Waals surface area (Å²) in [6.07, 6.45) is 2.12. The second-order valence-electron chi connectivity index (χ2n) is 5.66. The van der Waals surface area contributed by atoms with Crippen LogP contribution in [0.15, 0.2) is 18.2 Å². The van der Waals surface area contributed by atoms with Crippen molar-refractivity contribution in [2.45, 2.75) is 32.1 Å². The average Bonchev–Trinajstić information content (AvgIpc) is 2.37. The molecule has 0 atom stereocenters. The van der Waals surface area contributed by atoms with Crippen molar-refractivity contribution < 1.29 is 14.6 Å². The first-order valence-corrected chi connectivity index (χ1v) is 6.68. The van der Waals surface area contributed by atoms with Crippen molar-refractivity contribution in [1.29, 1.82) is 0 Å². The van der Waals surface area contributed by atoms with Crippen LogP contribution in [0.25, 0.3) is 0 Å². The predicted molar refractivity (Wildman–Crippen MR) is 73.8 cm³/mol. The van der Waals surface area contributed by atoms with Crippen molar-refractivity contribution in [3.05, 3.63) is 29.3 Å². The first-order chi connectivity index (χ1) is 8.99. The summed E-state index contributed by atoms with van der Waals surface area (Å²) < 4.78 is 5.61. The van der Waals surface area contributed by atoms with Gasteiger partial charge in [0.25, 0.3) is 0 Å². The molecule has 4 nitrogen and oxygen atoms in total. The highest BCUT2D eigenvalue weighted by atomic mass is 16.5. The molecule has 0 aromatic heterocycles. The zero-order valence-electron chi connectivity index (χ0n) is 11.5. The van der Waals surface area contributed by atoms with Gasteiger partial charge in [0, 0.05) is 12.0 Å². The van der Waals surface area contributed by atoms with Crippen LogP contribution in [0.3, 0.4) is 0 Å². The third-order valence-electron chi connectivity index (χ3n) is 3.53. The number of aliphatic carboxylic acids is 1. The lowest BCUT2D eigenvalue weighted by Gasteiger charge is -2.27. The highest BCUT2D eigenvalue weighted by Crippen LogP contribution is 2.30. The standard InChI is InChI=1S/C15H21NO3/c1-15(2,10-16-9-14(17)18)12-5-6-13-11(8-12)4-3-7-19-13/h5-6,8,16H,3-4,7,9-10H2,1-2H3,(H,17,18). The van der Waals surface area contributed by atoms with E-state index < -0.39 is 5.97 Å². The van der Waals surface area contributed by atoms with Gasteiger partial charge in [0.2, 0.25) is 0 Å². The van der Waals surface area contributed by atoms with Gasteiger partial charge >= 0.3 is 5.97 Å². The number of carbonyl (C=O) groups is 1. The van der Waals surface area contributed by atoms with Crippen LogP contribution in [0.5, 0.6) is 5.75 Å². The maximum absolute atomic E-state index is 10.5. The van der Waals surface area contributed by atoms with Crippen molar-refractivity contribution in [2.75, 3.05) is 19.7 Å². The molecule has 2 N–H and O–H groups in total. The molecule has 0 spiro atoms. The fourth-order valence-electron chi connectivity index (χ4n) is 2.37. The van der Waals surface area contributed by atoms with Gasteiger partial charge in [-0.1, -0.05) is 26.0 Å². The number of rotatable bonds is 5. The summed E-state index contributed by atoms with van der Waals surface area (Å²) >= 11 is 0. The van der Waals surface area contributed by atoms with Gasteiger partial charge in [-0.3, -0.25) is 4.79 Å². The van der Waals surface area contributed by atoms with Gasteiger partial charge < -0.3 is 15.2 Å². The predicted octanol–water partition coefficient (Wildman–Crippen LogP) is 1.96. The Bertz CT molecular complexity index is 468. The lowest BCUT2D eigenvalue weighted by atomic mass is 9.83. The maximum Gasteiger partial charge on any atom is 0.317 e. The van der Waals surface area contributed by atoms with Crippen LogP contribution in [0.4, 0.5) is 0 Å². The largest absolute Gasteiger partial charge is 0.493 e. The molecule has 1 aliphatic rings. The maximum atomic E-state index is 10.5. The molecule has 1 heterocycles. The Balaban J connectivity index is 2.09. The third kappa shape index (κ3) is 3.47. The molecule has 0 bridgehead atoms. The number of hydrogen-bond acceptors (Lipinski definition) is 3. The summed E-state index contributed by atoms with van der Waals surface area (Å²) in [5.41, 5.74) is 2.38. The number of aryl methyl sites for hydroxylation is 1.